The number of nitrogens with zero attached hydrogens (tertiary/aromatic N) is 1. The normalized spacial score (nSPS) is 10.2. The van der Waals surface area contributed by atoms with Crippen LogP contribution in [0.4, 0.5) is 10.5 Å². The highest BCUT2D eigenvalue weighted by atomic mass is 16.4. The number of amides is 2. The predicted octanol–water partition coefficient (Wildman–Crippen LogP) is 1.96. The summed E-state index contributed by atoms with van der Waals surface area (Å²) in [5, 5.41) is 20.3. The third-order valence-electron chi connectivity index (χ3n) is 2.77. The molecule has 0 bridgehead atoms. The van der Waals surface area contributed by atoms with Gasteiger partial charge in [0.2, 0.25) is 0 Å². The zero-order valence-electron chi connectivity index (χ0n) is 11.4. The summed E-state index contributed by atoms with van der Waals surface area (Å²) in [4.78, 5) is 35.1. The van der Waals surface area contributed by atoms with Crippen LogP contribution in [0.1, 0.15) is 34.6 Å². The van der Waals surface area contributed by atoms with Gasteiger partial charge in [0.15, 0.2) is 0 Å². The molecule has 0 aliphatic heterocycles. The lowest BCUT2D eigenvalue weighted by Gasteiger charge is -2.22. The number of carboxylic acid groups (broad SMARTS) is 2. The van der Waals surface area contributed by atoms with Crippen LogP contribution in [0.15, 0.2) is 18.2 Å². The summed E-state index contributed by atoms with van der Waals surface area (Å²) in [6, 6.07) is 2.96. The molecule has 1 aromatic carbocycles. The van der Waals surface area contributed by atoms with E-state index in [0.29, 0.717) is 0 Å². The molecular weight excluding hydrogens is 264 g/mol. The third-order valence-corrected chi connectivity index (χ3v) is 2.77. The third kappa shape index (κ3) is 3.71. The van der Waals surface area contributed by atoms with Crippen molar-refractivity contribution in [3.8, 4) is 0 Å². The summed E-state index contributed by atoms with van der Waals surface area (Å²) in [5.41, 5.74) is -0.278. The van der Waals surface area contributed by atoms with Crippen molar-refractivity contribution >= 4 is 23.7 Å². The number of hydrogen-bond donors (Lipinski definition) is 3. The highest BCUT2D eigenvalue weighted by Crippen LogP contribution is 2.16. The van der Waals surface area contributed by atoms with Gasteiger partial charge in [0, 0.05) is 18.8 Å². The molecule has 2 amide bonds. The maximum Gasteiger partial charge on any atom is 0.335 e. The summed E-state index contributed by atoms with van der Waals surface area (Å²) >= 11 is 0. The van der Waals surface area contributed by atoms with Gasteiger partial charge in [0.25, 0.3) is 0 Å². The number of anilines is 1. The van der Waals surface area contributed by atoms with E-state index >= 15 is 0 Å². The lowest BCUT2D eigenvalue weighted by molar-refractivity contribution is 0.0696. The minimum absolute atomic E-state index is 0.0448. The minimum Gasteiger partial charge on any atom is -0.478 e. The lowest BCUT2D eigenvalue weighted by atomic mass is 10.1. The smallest absolute Gasteiger partial charge is 0.335 e. The Morgan fingerprint density at radius 2 is 1.50 bits per heavy atom. The molecule has 0 atom stereocenters. The van der Waals surface area contributed by atoms with Gasteiger partial charge in [0.05, 0.1) is 11.1 Å². The maximum absolute atomic E-state index is 11.8. The summed E-state index contributed by atoms with van der Waals surface area (Å²) in [5.74, 6) is -2.53. The Kier molecular flexibility index (Phi) is 4.68. The fourth-order valence-electron chi connectivity index (χ4n) is 1.39. The van der Waals surface area contributed by atoms with Gasteiger partial charge < -0.3 is 20.4 Å². The number of hydrogen-bond acceptors (Lipinski definition) is 3. The highest BCUT2D eigenvalue weighted by Gasteiger charge is 2.15. The quantitative estimate of drug-likeness (QED) is 0.781. The van der Waals surface area contributed by atoms with E-state index in [2.05, 4.69) is 5.32 Å². The topological polar surface area (TPSA) is 107 Å². The molecule has 0 unspecified atom stereocenters. The molecule has 0 fully saturated rings. The van der Waals surface area contributed by atoms with Crippen LogP contribution in [0.2, 0.25) is 0 Å². The Morgan fingerprint density at radius 3 is 1.85 bits per heavy atom. The number of urea groups is 1. The molecule has 0 saturated carbocycles. The van der Waals surface area contributed by atoms with Crippen molar-refractivity contribution in [3.63, 3.8) is 0 Å². The van der Waals surface area contributed by atoms with E-state index in [-0.39, 0.29) is 22.9 Å². The molecule has 0 aromatic heterocycles. The summed E-state index contributed by atoms with van der Waals surface area (Å²) < 4.78 is 0. The van der Waals surface area contributed by atoms with Crippen LogP contribution in [0.25, 0.3) is 0 Å². The number of benzene rings is 1. The molecule has 0 radical (unpaired) electrons. The molecule has 1 rings (SSSR count). The van der Waals surface area contributed by atoms with Gasteiger partial charge in [-0.2, -0.15) is 0 Å². The monoisotopic (exact) mass is 280 g/mol. The Bertz CT molecular complexity index is 521. The SMILES string of the molecule is CC(C)N(C)C(=O)Nc1cc(C(=O)O)cc(C(=O)O)c1. The second-order valence-corrected chi connectivity index (χ2v) is 4.54. The van der Waals surface area contributed by atoms with Gasteiger partial charge >= 0.3 is 18.0 Å². The van der Waals surface area contributed by atoms with Crippen molar-refractivity contribution in [1.82, 2.24) is 4.90 Å². The molecule has 3 N–H and O–H groups in total. The second kappa shape index (κ2) is 6.05. The standard InChI is InChI=1S/C13H16N2O5/c1-7(2)15(3)13(20)14-10-5-8(11(16)17)4-9(6-10)12(18)19/h4-7H,1-3H3,(H,14,20)(H,16,17)(H,18,19). The fraction of sp³-hybridized carbons (Fsp3) is 0.308. The van der Waals surface area contributed by atoms with E-state index in [1.165, 1.54) is 17.0 Å². The highest BCUT2D eigenvalue weighted by molar-refractivity contribution is 5.98. The minimum atomic E-state index is -1.26. The number of aromatic carboxylic acids is 2. The molecule has 108 valence electrons. The van der Waals surface area contributed by atoms with Crippen LogP contribution in [-0.2, 0) is 0 Å². The first-order valence-corrected chi connectivity index (χ1v) is 5.88. The Balaban J connectivity index is 3.09. The van der Waals surface area contributed by atoms with Gasteiger partial charge in [-0.25, -0.2) is 14.4 Å². The van der Waals surface area contributed by atoms with Crippen LogP contribution >= 0.6 is 0 Å². The molecule has 0 aliphatic carbocycles. The number of rotatable bonds is 4. The average Bonchev–Trinajstić information content (AvgIpc) is 2.36. The van der Waals surface area contributed by atoms with Crippen LogP contribution < -0.4 is 5.32 Å². The van der Waals surface area contributed by atoms with Crippen LogP contribution in [0.3, 0.4) is 0 Å². The largest absolute Gasteiger partial charge is 0.478 e. The second-order valence-electron chi connectivity index (χ2n) is 4.54. The fourth-order valence-corrected chi connectivity index (χ4v) is 1.39. The van der Waals surface area contributed by atoms with E-state index in [9.17, 15) is 14.4 Å². The van der Waals surface area contributed by atoms with Gasteiger partial charge in [-0.1, -0.05) is 0 Å². The maximum atomic E-state index is 11.8. The summed E-state index contributed by atoms with van der Waals surface area (Å²) in [6.45, 7) is 3.63. The van der Waals surface area contributed by atoms with Crippen LogP contribution in [0, 0.1) is 0 Å². The zero-order valence-corrected chi connectivity index (χ0v) is 11.4. The van der Waals surface area contributed by atoms with Gasteiger partial charge in [-0.15, -0.1) is 0 Å². The van der Waals surface area contributed by atoms with Crippen LogP contribution in [0.5, 0.6) is 0 Å². The van der Waals surface area contributed by atoms with Crippen molar-refractivity contribution in [2.24, 2.45) is 0 Å². The first kappa shape index (κ1) is 15.5. The van der Waals surface area contributed by atoms with E-state index in [4.69, 9.17) is 10.2 Å². The van der Waals surface area contributed by atoms with Crippen molar-refractivity contribution in [2.75, 3.05) is 12.4 Å². The first-order chi connectivity index (χ1) is 9.22. The van der Waals surface area contributed by atoms with Crippen molar-refractivity contribution in [3.05, 3.63) is 29.3 Å². The Hall–Kier alpha value is -2.57. The molecule has 20 heavy (non-hydrogen) atoms. The van der Waals surface area contributed by atoms with Crippen molar-refractivity contribution in [2.45, 2.75) is 19.9 Å². The Morgan fingerprint density at radius 1 is 1.05 bits per heavy atom. The van der Waals surface area contributed by atoms with Crippen LogP contribution in [-0.4, -0.2) is 46.2 Å². The molecule has 1 aromatic rings. The van der Waals surface area contributed by atoms with Gasteiger partial charge in [-0.3, -0.25) is 0 Å². The lowest BCUT2D eigenvalue weighted by Crippen LogP contribution is -2.36. The van der Waals surface area contributed by atoms with Crippen molar-refractivity contribution in [1.29, 1.82) is 0 Å². The molecule has 0 aliphatic rings. The number of carbonyl (C=O) groups excluding carboxylic acids is 1. The zero-order chi connectivity index (χ0) is 15.4. The molecule has 0 spiro atoms. The molecule has 0 saturated heterocycles. The molecule has 7 heteroatoms. The average molecular weight is 280 g/mol. The van der Waals surface area contributed by atoms with Crippen molar-refractivity contribution < 1.29 is 24.6 Å². The van der Waals surface area contributed by atoms with E-state index in [1.54, 1.807) is 7.05 Å². The summed E-state index contributed by atoms with van der Waals surface area (Å²) in [7, 11) is 1.58. The number of nitrogens with one attached hydrogen (secondary N) is 1. The van der Waals surface area contributed by atoms with Gasteiger partial charge in [-0.05, 0) is 32.0 Å². The van der Waals surface area contributed by atoms with E-state index in [0.717, 1.165) is 6.07 Å². The Labute approximate surface area is 115 Å². The predicted molar refractivity (Wildman–Crippen MR) is 72.3 cm³/mol. The van der Waals surface area contributed by atoms with Gasteiger partial charge in [0.1, 0.15) is 0 Å². The van der Waals surface area contributed by atoms with E-state index in [1.807, 2.05) is 13.8 Å². The molecular formula is C13H16N2O5. The van der Waals surface area contributed by atoms with E-state index < -0.39 is 18.0 Å². The first-order valence-electron chi connectivity index (χ1n) is 5.88. The number of carboxylic acids is 2. The summed E-state index contributed by atoms with van der Waals surface area (Å²) in [6.07, 6.45) is 0. The molecule has 7 nitrogen and oxygen atoms in total. The molecule has 0 heterocycles. The number of carbonyl (C=O) groups is 3.